The molecule has 23 N–H and O–H groups in total. The first kappa shape index (κ1) is 116. The summed E-state index contributed by atoms with van der Waals surface area (Å²) in [7, 11) is 0. The third-order valence-electron chi connectivity index (χ3n) is 24.1. The summed E-state index contributed by atoms with van der Waals surface area (Å²) in [6, 6.07) is 1.06. The van der Waals surface area contributed by atoms with Crippen molar-refractivity contribution in [2.24, 2.45) is 34.6 Å². The second kappa shape index (κ2) is 55.4. The third-order valence-corrected chi connectivity index (χ3v) is 24.1. The lowest BCUT2D eigenvalue weighted by Gasteiger charge is -2.34. The first-order chi connectivity index (χ1) is 65.1. The molecule has 764 valence electrons. The number of nitrogens with two attached hydrogens (primary N) is 2. The van der Waals surface area contributed by atoms with Gasteiger partial charge in [0.25, 0.3) is 0 Å². The zero-order valence-corrected chi connectivity index (χ0v) is 82.4. The number of carbonyl (C=O) groups is 20. The Morgan fingerprint density at radius 1 is 0.532 bits per heavy atom. The lowest BCUT2D eigenvalue weighted by atomic mass is 9.89. The Kier molecular flexibility index (Phi) is 46.4. The van der Waals surface area contributed by atoms with Crippen LogP contribution in [0.5, 0.6) is 5.75 Å². The number of allylic oxidation sites excluding steroid dienone is 2. The van der Waals surface area contributed by atoms with Crippen molar-refractivity contribution in [3.8, 4) is 5.75 Å². The summed E-state index contributed by atoms with van der Waals surface area (Å²) in [5.74, 6) is -21.0. The van der Waals surface area contributed by atoms with E-state index in [-0.39, 0.29) is 82.0 Å². The highest BCUT2D eigenvalue weighted by atomic mass is 16.4. The SMILES string of the molecule is CC(=O)N[C@@H](CC(C)C)C(=O)N[C@H](C(=O)N[C@@H](Cc1ccccc1)C(=O)N[C@@]1(C)CCCCCC/C=C/CCC[C@@](C)(C(=O)NC(C)C(=O)N[C@@H](C)C(=O)NC(C)C(=O)N[C@@H](C)C(=O)C(=O)[C@H](C)NCC(C)(C)C(N)=O)NC(=O)[C@H](CC(C)C)CN[C@@H](CCC(N)=O)C(=O)C(=O)C(C)NC(=O)[C@H](Cc2c[nH]c3ccccc23)NC(=O)C(Cc2ccc(O)cc2)NC(=O)[C@H](CCC(=O)O)NC1=O)[C@@H](C)O. The normalized spacial score (nSPS) is 21.8. The number of aliphatic carboxylic acids is 1. The van der Waals surface area contributed by atoms with Crippen molar-refractivity contribution >= 4 is 129 Å². The van der Waals surface area contributed by atoms with Gasteiger partial charge in [-0.2, -0.15) is 0 Å². The largest absolute Gasteiger partial charge is 0.508 e. The molecule has 5 rings (SSSR count). The number of hydrogen-bond donors (Lipinski definition) is 21. The summed E-state index contributed by atoms with van der Waals surface area (Å²) in [5.41, 5.74) is 7.91. The van der Waals surface area contributed by atoms with Crippen molar-refractivity contribution in [1.82, 2.24) is 84.7 Å². The van der Waals surface area contributed by atoms with Gasteiger partial charge in [-0.15, -0.1) is 0 Å². The Balaban J connectivity index is 1.58. The molecule has 3 aromatic carbocycles. The second-order valence-electron chi connectivity index (χ2n) is 38.1. The molecule has 1 aromatic heterocycles. The number of aromatic hydroxyl groups is 1. The zero-order valence-electron chi connectivity index (χ0n) is 82.4. The summed E-state index contributed by atoms with van der Waals surface area (Å²) in [5, 5.41) is 72.0. The van der Waals surface area contributed by atoms with Crippen molar-refractivity contribution in [2.45, 2.75) is 322 Å². The van der Waals surface area contributed by atoms with E-state index < -0.39 is 257 Å². The van der Waals surface area contributed by atoms with E-state index in [1.54, 1.807) is 102 Å². The van der Waals surface area contributed by atoms with Crippen molar-refractivity contribution in [1.29, 1.82) is 0 Å². The van der Waals surface area contributed by atoms with Gasteiger partial charge in [-0.05, 0) is 187 Å². The molecule has 41 heteroatoms. The number of Topliss-reactive ketones (excluding diaryl/α,β-unsaturated/α-hetero) is 4. The van der Waals surface area contributed by atoms with Crippen LogP contribution in [0, 0.1) is 23.2 Å². The van der Waals surface area contributed by atoms with Gasteiger partial charge < -0.3 is 112 Å². The fourth-order valence-corrected chi connectivity index (χ4v) is 15.4. The standard InChI is InChI=1S/C98H144N18O23/c1-53(2)45-66-51-102-70(39-41-76(99)120)82(126)81(125)57(7)105-88(132)75(49-65-50-101-69-34-28-27-33-68(65)69)111-89(133)73(48-64-35-37-67(119)38-36-64)110-87(131)71(40-42-77(121)122)113-95(139)98(16,116-91(135)74(47-63-31-25-24-26-32-63)112-92(136)78(61(11)117)114-90(134)72(46-54(3)4)109-62(12)118)44-30-23-21-19-17-18-20-22-29-43-97(15,115-86(66)130)94(138)108-60(10)85(129)107-59(9)84(128)106-58(8)83(127)104-56(6)80(124)79(123)55(5)103-52-96(13,14)93(100)137/h18,20,24-28,31-38,50,53-61,66,70-75,78,101-103,117,119H,17,19,21-23,29-30,39-49,51-52H2,1-16H3,(H2,99,120)(H2,100,137)(H,104,127)(H,105,132)(H,106,128)(H,107,129)(H,108,138)(H,109,118)(H,110,131)(H,111,133)(H,112,136)(H,113,139)(H,114,134)(H,115,130)(H,116,135)(H,121,122)/b20-18+/t55-,56-,57?,58?,59-,60?,61+,66+,70-,71-,72-,73?,74-,75-,78-,97-,98-/m0/s1. The summed E-state index contributed by atoms with van der Waals surface area (Å²) >= 11 is 0. The number of aliphatic hydroxyl groups excluding tert-OH is 1. The smallest absolute Gasteiger partial charge is 0.303 e. The maximum absolute atomic E-state index is 15.6. The molecule has 41 nitrogen and oxygen atoms in total. The number of carboxylic acid groups (broad SMARTS) is 1. The van der Waals surface area contributed by atoms with Gasteiger partial charge in [0.2, 0.25) is 112 Å². The fourth-order valence-electron chi connectivity index (χ4n) is 15.4. The Labute approximate surface area is 810 Å². The van der Waals surface area contributed by atoms with Gasteiger partial charge in [-0.3, -0.25) is 95.9 Å². The Morgan fingerprint density at radius 3 is 1.67 bits per heavy atom. The Bertz CT molecular complexity index is 5020. The van der Waals surface area contributed by atoms with Gasteiger partial charge in [0.05, 0.1) is 41.6 Å². The number of aromatic amines is 1. The van der Waals surface area contributed by atoms with Gasteiger partial charge in [0.1, 0.15) is 71.2 Å². The molecule has 0 bridgehead atoms. The van der Waals surface area contributed by atoms with Crippen LogP contribution in [0.25, 0.3) is 10.9 Å². The van der Waals surface area contributed by atoms with E-state index in [9.17, 15) is 82.4 Å². The minimum absolute atomic E-state index is 0.0390. The van der Waals surface area contributed by atoms with E-state index in [1.165, 1.54) is 93.5 Å². The van der Waals surface area contributed by atoms with E-state index in [2.05, 4.69) is 84.7 Å². The van der Waals surface area contributed by atoms with Crippen LogP contribution < -0.4 is 91.2 Å². The maximum Gasteiger partial charge on any atom is 0.303 e. The molecule has 4 unspecified atom stereocenters. The van der Waals surface area contributed by atoms with Crippen LogP contribution in [0.15, 0.2) is 97.2 Å². The number of phenolic OH excluding ortho intramolecular Hbond substituents is 1. The van der Waals surface area contributed by atoms with Crippen LogP contribution in [-0.4, -0.2) is 247 Å². The number of nitrogens with one attached hydrogen (secondary N) is 16. The summed E-state index contributed by atoms with van der Waals surface area (Å²) < 4.78 is 0. The molecule has 0 aliphatic carbocycles. The average molecular weight is 1940 g/mol. The lowest BCUT2D eigenvalue weighted by molar-refractivity contribution is -0.140. The van der Waals surface area contributed by atoms with Gasteiger partial charge in [-0.1, -0.05) is 120 Å². The number of benzene rings is 3. The number of fused-ring (bicyclic) bond motifs is 1. The molecule has 0 radical (unpaired) electrons. The number of para-hydroxylation sites is 1. The minimum Gasteiger partial charge on any atom is -0.508 e. The number of amides is 15. The van der Waals surface area contributed by atoms with Gasteiger partial charge in [-0.25, -0.2) is 0 Å². The monoisotopic (exact) mass is 1940 g/mol. The fraction of sp³-hybridized carbons (Fsp3) is 0.571. The molecule has 0 fully saturated rings. The number of hydrogen-bond acceptors (Lipinski definition) is 24. The Morgan fingerprint density at radius 2 is 1.09 bits per heavy atom. The predicted octanol–water partition coefficient (Wildman–Crippen LogP) is 1.13. The highest BCUT2D eigenvalue weighted by molar-refractivity contribution is 6.41. The number of carboxylic acids is 1. The van der Waals surface area contributed by atoms with Gasteiger partial charge in [0.15, 0.2) is 0 Å². The molecule has 0 spiro atoms. The molecule has 0 saturated carbocycles. The van der Waals surface area contributed by atoms with Crippen LogP contribution in [0.4, 0.5) is 0 Å². The third kappa shape index (κ3) is 38.3. The van der Waals surface area contributed by atoms with E-state index in [0.717, 1.165) is 0 Å². The van der Waals surface area contributed by atoms with Crippen molar-refractivity contribution in [2.75, 3.05) is 13.1 Å². The second-order valence-corrected chi connectivity index (χ2v) is 38.1. The molecule has 1 aliphatic rings. The van der Waals surface area contributed by atoms with Crippen LogP contribution in [-0.2, 0) is 115 Å². The van der Waals surface area contributed by atoms with Gasteiger partial charge >= 0.3 is 5.97 Å². The molecule has 17 atom stereocenters. The first-order valence-corrected chi connectivity index (χ1v) is 47.2. The maximum atomic E-state index is 15.6. The first-order valence-electron chi connectivity index (χ1n) is 47.2. The van der Waals surface area contributed by atoms with Crippen LogP contribution in [0.1, 0.15) is 224 Å². The number of rotatable bonds is 39. The van der Waals surface area contributed by atoms with Gasteiger partial charge in [0, 0.05) is 69.2 Å². The van der Waals surface area contributed by atoms with Crippen LogP contribution in [0.3, 0.4) is 0 Å². The number of aromatic nitrogens is 1. The number of ketones is 4. The van der Waals surface area contributed by atoms with E-state index >= 15 is 28.8 Å². The number of primary amides is 2. The summed E-state index contributed by atoms with van der Waals surface area (Å²) in [6.45, 7) is 22.8. The molecular formula is C98H144N18O23. The molecule has 1 aliphatic heterocycles. The number of H-pyrrole nitrogens is 1. The molecule has 139 heavy (non-hydrogen) atoms. The predicted molar refractivity (Wildman–Crippen MR) is 515 cm³/mol. The van der Waals surface area contributed by atoms with Crippen molar-refractivity contribution in [3.05, 3.63) is 114 Å². The number of phenols is 1. The molecule has 0 saturated heterocycles. The molecule has 4 aromatic rings. The Hall–Kier alpha value is -13.2. The van der Waals surface area contributed by atoms with Crippen molar-refractivity contribution < 1.29 is 111 Å². The average Bonchev–Trinajstić information content (AvgIpc) is 1.80. The van der Waals surface area contributed by atoms with E-state index in [4.69, 9.17) is 11.5 Å². The van der Waals surface area contributed by atoms with E-state index in [0.29, 0.717) is 59.7 Å². The van der Waals surface area contributed by atoms with E-state index in [1.807, 2.05) is 12.2 Å². The lowest BCUT2D eigenvalue weighted by Crippen LogP contribution is -2.65. The number of carbonyl (C=O) groups excluding carboxylic acids is 19. The zero-order chi connectivity index (χ0) is 104. The van der Waals surface area contributed by atoms with Crippen molar-refractivity contribution in [3.63, 3.8) is 0 Å². The molecular weight excluding hydrogens is 1800 g/mol. The molecule has 15 amide bonds. The number of aliphatic hydroxyl groups is 1. The summed E-state index contributed by atoms with van der Waals surface area (Å²) in [4.78, 5) is 284. The topological polar surface area (TPSA) is 650 Å². The highest BCUT2D eigenvalue weighted by Crippen LogP contribution is 2.26. The van der Waals surface area contributed by atoms with Crippen LogP contribution >= 0.6 is 0 Å². The quantitative estimate of drug-likeness (QED) is 0.0220. The summed E-state index contributed by atoms with van der Waals surface area (Å²) in [6.07, 6.45) is 2.87. The molecule has 2 heterocycles. The highest BCUT2D eigenvalue weighted by Gasteiger charge is 2.44. The van der Waals surface area contributed by atoms with Crippen LogP contribution in [0.2, 0.25) is 0 Å². The minimum atomic E-state index is -2.08.